The van der Waals surface area contributed by atoms with Gasteiger partial charge in [0.2, 0.25) is 0 Å². The Bertz CT molecular complexity index is 850. The first-order chi connectivity index (χ1) is 20.0. The second-order valence-electron chi connectivity index (χ2n) is 14.0. The van der Waals surface area contributed by atoms with Crippen LogP contribution in [-0.4, -0.2) is 52.1 Å². The molecule has 42 heavy (non-hydrogen) atoms. The zero-order valence-corrected chi connectivity index (χ0v) is 28.4. The third kappa shape index (κ3) is 10.2. The molecular weight excluding hydrogens is 526 g/mol. The van der Waals surface area contributed by atoms with E-state index in [2.05, 4.69) is 52.2 Å². The van der Waals surface area contributed by atoms with Gasteiger partial charge >= 0.3 is 12.0 Å². The third-order valence-electron chi connectivity index (χ3n) is 10.4. The van der Waals surface area contributed by atoms with Crippen molar-refractivity contribution in [1.82, 2.24) is 15.5 Å². The number of rotatable bonds is 21. The molecule has 5 unspecified atom stereocenters. The fourth-order valence-corrected chi connectivity index (χ4v) is 7.20. The quantitative estimate of drug-likeness (QED) is 0.0794. The van der Waals surface area contributed by atoms with Crippen LogP contribution >= 0.6 is 0 Å². The van der Waals surface area contributed by atoms with Crippen LogP contribution in [0.1, 0.15) is 170 Å². The Balaban J connectivity index is 1.65. The summed E-state index contributed by atoms with van der Waals surface area (Å²) < 4.78 is 5.63. The minimum absolute atomic E-state index is 0.0842. The van der Waals surface area contributed by atoms with E-state index in [1.165, 1.54) is 81.9 Å². The molecule has 0 aromatic rings. The number of esters is 1. The van der Waals surface area contributed by atoms with Crippen molar-refractivity contribution in [3.05, 3.63) is 0 Å². The van der Waals surface area contributed by atoms with Crippen LogP contribution in [0.3, 0.4) is 0 Å². The topological polar surface area (TPSA) is 87.7 Å². The lowest BCUT2D eigenvalue weighted by molar-refractivity contribution is -0.151. The smallest absolute Gasteiger partial charge is 0.325 e. The van der Waals surface area contributed by atoms with Crippen LogP contribution < -0.4 is 10.6 Å². The first kappa shape index (κ1) is 36.6. The van der Waals surface area contributed by atoms with E-state index in [0.29, 0.717) is 12.8 Å². The highest BCUT2D eigenvalue weighted by atomic mass is 16.5. The van der Waals surface area contributed by atoms with Gasteiger partial charge in [0.05, 0.1) is 6.54 Å². The fraction of sp³-hybridized carbons (Fsp3) is 0.914. The summed E-state index contributed by atoms with van der Waals surface area (Å²) >= 11 is 0. The molecule has 2 saturated heterocycles. The van der Waals surface area contributed by atoms with Crippen LogP contribution in [0.4, 0.5) is 4.79 Å². The average Bonchev–Trinajstić information content (AvgIpc) is 3.18. The van der Waals surface area contributed by atoms with Crippen LogP contribution in [-0.2, 0) is 14.3 Å². The summed E-state index contributed by atoms with van der Waals surface area (Å²) in [5.74, 6) is -0.517. The highest BCUT2D eigenvalue weighted by Gasteiger charge is 2.63. The largest absolute Gasteiger partial charge is 0.461 e. The highest BCUT2D eigenvalue weighted by Crippen LogP contribution is 2.46. The molecule has 2 fully saturated rings. The van der Waals surface area contributed by atoms with Crippen LogP contribution in [0.5, 0.6) is 0 Å². The summed E-state index contributed by atoms with van der Waals surface area (Å²) in [5.41, 5.74) is -1.50. The maximum atomic E-state index is 13.8. The molecule has 5 atom stereocenters. The molecule has 0 saturated carbocycles. The van der Waals surface area contributed by atoms with Crippen molar-refractivity contribution in [2.24, 2.45) is 5.92 Å². The van der Waals surface area contributed by atoms with E-state index in [4.69, 9.17) is 4.74 Å². The van der Waals surface area contributed by atoms with Crippen molar-refractivity contribution in [2.75, 3.05) is 6.54 Å². The maximum absolute atomic E-state index is 13.8. The van der Waals surface area contributed by atoms with E-state index in [-0.39, 0.29) is 41.4 Å². The molecule has 2 rings (SSSR count). The van der Waals surface area contributed by atoms with E-state index >= 15 is 0 Å². The number of imide groups is 1. The summed E-state index contributed by atoms with van der Waals surface area (Å²) in [7, 11) is 0. The number of hydrogen-bond acceptors (Lipinski definition) is 5. The number of hydrogen-bond donors (Lipinski definition) is 2. The van der Waals surface area contributed by atoms with Gasteiger partial charge in [0.1, 0.15) is 11.6 Å². The minimum Gasteiger partial charge on any atom is -0.461 e. The molecule has 2 heterocycles. The van der Waals surface area contributed by atoms with Gasteiger partial charge in [-0.25, -0.2) is 4.79 Å². The molecule has 244 valence electrons. The number of nitrogens with one attached hydrogen (secondary N) is 2. The normalized spacial score (nSPS) is 28.4. The van der Waals surface area contributed by atoms with Crippen LogP contribution in [0.15, 0.2) is 0 Å². The molecule has 0 aliphatic carbocycles. The van der Waals surface area contributed by atoms with Gasteiger partial charge in [-0.2, -0.15) is 0 Å². The first-order valence-electron chi connectivity index (χ1n) is 17.6. The Labute approximate surface area is 258 Å². The molecule has 0 aromatic carbocycles. The number of carbonyl (C=O) groups excluding carboxylic acids is 3. The van der Waals surface area contributed by atoms with Crippen LogP contribution in [0.25, 0.3) is 0 Å². The Hall–Kier alpha value is -1.63. The van der Waals surface area contributed by atoms with Gasteiger partial charge in [0.15, 0.2) is 0 Å². The lowest BCUT2D eigenvalue weighted by Gasteiger charge is -2.56. The number of urea groups is 1. The molecular formula is C35H65N3O4. The molecule has 2 aliphatic heterocycles. The second-order valence-corrected chi connectivity index (χ2v) is 14.0. The van der Waals surface area contributed by atoms with Crippen LogP contribution in [0, 0.1) is 5.92 Å². The summed E-state index contributed by atoms with van der Waals surface area (Å²) in [5, 5.41) is 6.88. The van der Waals surface area contributed by atoms with Crippen LogP contribution in [0.2, 0.25) is 0 Å². The van der Waals surface area contributed by atoms with Crippen molar-refractivity contribution in [2.45, 2.75) is 193 Å². The van der Waals surface area contributed by atoms with E-state index in [9.17, 15) is 14.4 Å². The van der Waals surface area contributed by atoms with Gasteiger partial charge in [-0.15, -0.1) is 0 Å². The van der Waals surface area contributed by atoms with Crippen molar-refractivity contribution < 1.29 is 19.1 Å². The third-order valence-corrected chi connectivity index (χ3v) is 10.4. The highest BCUT2D eigenvalue weighted by molar-refractivity contribution is 6.07. The van der Waals surface area contributed by atoms with E-state index < -0.39 is 11.6 Å². The Morgan fingerprint density at radius 2 is 1.36 bits per heavy atom. The summed E-state index contributed by atoms with van der Waals surface area (Å²) in [6, 6.07) is -0.379. The number of ether oxygens (including phenoxy) is 1. The predicted molar refractivity (Wildman–Crippen MR) is 172 cm³/mol. The van der Waals surface area contributed by atoms with Gasteiger partial charge in [0, 0.05) is 23.4 Å². The first-order valence-corrected chi connectivity index (χ1v) is 17.6. The lowest BCUT2D eigenvalue weighted by Crippen LogP contribution is -2.74. The van der Waals surface area contributed by atoms with Crippen molar-refractivity contribution in [1.29, 1.82) is 0 Å². The summed E-state index contributed by atoms with van der Waals surface area (Å²) in [6.45, 7) is 14.7. The fourth-order valence-electron chi connectivity index (χ4n) is 7.20. The molecule has 2 aliphatic rings. The zero-order chi connectivity index (χ0) is 31.2. The molecule has 7 nitrogen and oxygen atoms in total. The molecule has 0 radical (unpaired) electrons. The summed E-state index contributed by atoms with van der Waals surface area (Å²) in [6.07, 6.45) is 21.4. The van der Waals surface area contributed by atoms with Gasteiger partial charge in [0.25, 0.3) is 5.91 Å². The number of piperidine rings is 1. The molecule has 0 bridgehead atoms. The van der Waals surface area contributed by atoms with E-state index in [1.807, 2.05) is 0 Å². The molecule has 0 aromatic heterocycles. The number of amides is 3. The Morgan fingerprint density at radius 3 is 1.83 bits per heavy atom. The van der Waals surface area contributed by atoms with Gasteiger partial charge in [-0.3, -0.25) is 14.5 Å². The Kier molecular flexibility index (Phi) is 15.3. The van der Waals surface area contributed by atoms with Crippen molar-refractivity contribution >= 4 is 17.9 Å². The summed E-state index contributed by atoms with van der Waals surface area (Å²) in [4.78, 5) is 40.7. The van der Waals surface area contributed by atoms with E-state index in [0.717, 1.165) is 32.1 Å². The van der Waals surface area contributed by atoms with Gasteiger partial charge in [-0.1, -0.05) is 118 Å². The van der Waals surface area contributed by atoms with Gasteiger partial charge < -0.3 is 15.4 Å². The van der Waals surface area contributed by atoms with Crippen molar-refractivity contribution in [3.63, 3.8) is 0 Å². The average molecular weight is 592 g/mol. The molecule has 3 amide bonds. The standard InChI is InChI=1S/C35H65N3O4/c1-8-11-12-13-14-15-16-17-18-19-20-21-22-23-24-25-30(39)42-28(4)26-38-31(40)35(36-32(38)41)27-33(6,9-2)37-34(7,10-3)29(35)5/h28-29,37H,8-27H2,1-7H3,(H,36,41). The molecule has 1 spiro atoms. The predicted octanol–water partition coefficient (Wildman–Crippen LogP) is 8.44. The Morgan fingerprint density at radius 1 is 0.857 bits per heavy atom. The number of unbranched alkanes of at least 4 members (excludes halogenated alkanes) is 14. The minimum atomic E-state index is -0.949. The SMILES string of the molecule is CCCCCCCCCCCCCCCCCC(=O)OC(C)CN1C(=O)NC2(CC(C)(CC)NC(C)(CC)C2C)C1=O. The monoisotopic (exact) mass is 591 g/mol. The number of nitrogens with zero attached hydrogens (tertiary/aromatic N) is 1. The second kappa shape index (κ2) is 17.6. The van der Waals surface area contributed by atoms with E-state index in [1.54, 1.807) is 6.92 Å². The molecule has 2 N–H and O–H groups in total. The lowest BCUT2D eigenvalue weighted by atomic mass is 9.61. The maximum Gasteiger partial charge on any atom is 0.325 e. The van der Waals surface area contributed by atoms with Gasteiger partial charge in [-0.05, 0) is 46.5 Å². The van der Waals surface area contributed by atoms with Crippen molar-refractivity contribution in [3.8, 4) is 0 Å². The molecule has 7 heteroatoms. The number of carbonyl (C=O) groups is 3. The zero-order valence-electron chi connectivity index (χ0n) is 28.4.